The van der Waals surface area contributed by atoms with Crippen molar-refractivity contribution in [1.82, 2.24) is 9.80 Å². The SMILES string of the molecule is CC1CN2CCCC2CN1C(CN)c1ccccc1Br. The summed E-state index contributed by atoms with van der Waals surface area (Å²) in [6, 6.07) is 10.1. The molecule has 0 aliphatic carbocycles. The van der Waals surface area contributed by atoms with Crippen LogP contribution in [0.2, 0.25) is 0 Å². The third-order valence-corrected chi connectivity index (χ3v) is 5.60. The van der Waals surface area contributed by atoms with Crippen molar-refractivity contribution in [3.8, 4) is 0 Å². The minimum Gasteiger partial charge on any atom is -0.329 e. The summed E-state index contributed by atoms with van der Waals surface area (Å²) in [5.41, 5.74) is 7.45. The largest absolute Gasteiger partial charge is 0.329 e. The Hall–Kier alpha value is -0.420. The zero-order chi connectivity index (χ0) is 14.1. The molecule has 2 aliphatic heterocycles. The Bertz CT molecular complexity index is 465. The van der Waals surface area contributed by atoms with Crippen LogP contribution in [0.5, 0.6) is 0 Å². The number of rotatable bonds is 3. The van der Waals surface area contributed by atoms with Crippen molar-refractivity contribution in [3.63, 3.8) is 0 Å². The first-order valence-corrected chi connectivity index (χ1v) is 8.44. The van der Waals surface area contributed by atoms with Gasteiger partial charge in [-0.05, 0) is 37.9 Å². The second-order valence-electron chi connectivity index (χ2n) is 6.11. The van der Waals surface area contributed by atoms with Crippen molar-refractivity contribution >= 4 is 15.9 Å². The van der Waals surface area contributed by atoms with Crippen molar-refractivity contribution in [2.75, 3.05) is 26.2 Å². The fourth-order valence-electron chi connectivity index (χ4n) is 3.83. The van der Waals surface area contributed by atoms with Gasteiger partial charge < -0.3 is 5.73 Å². The summed E-state index contributed by atoms with van der Waals surface area (Å²) in [7, 11) is 0. The van der Waals surface area contributed by atoms with Crippen LogP contribution in [-0.4, -0.2) is 48.1 Å². The molecule has 2 N–H and O–H groups in total. The van der Waals surface area contributed by atoms with E-state index in [0.717, 1.165) is 12.6 Å². The van der Waals surface area contributed by atoms with Gasteiger partial charge in [-0.3, -0.25) is 9.80 Å². The van der Waals surface area contributed by atoms with Gasteiger partial charge in [-0.15, -0.1) is 0 Å². The minimum atomic E-state index is 0.323. The number of nitrogens with zero attached hydrogens (tertiary/aromatic N) is 2. The molecule has 2 heterocycles. The first kappa shape index (κ1) is 14.5. The van der Waals surface area contributed by atoms with E-state index in [4.69, 9.17) is 5.73 Å². The van der Waals surface area contributed by atoms with Crippen molar-refractivity contribution < 1.29 is 0 Å². The number of benzene rings is 1. The molecule has 0 aromatic heterocycles. The maximum atomic E-state index is 6.13. The first-order chi connectivity index (χ1) is 9.70. The maximum Gasteiger partial charge on any atom is 0.0485 e. The lowest BCUT2D eigenvalue weighted by molar-refractivity contribution is 0.0294. The standard InChI is InChI=1S/C16H24BrN3/c1-12-10-19-8-4-5-13(19)11-20(12)16(9-18)14-6-2-3-7-15(14)17/h2-3,6-7,12-13,16H,4-5,8-11,18H2,1H3. The summed E-state index contributed by atoms with van der Waals surface area (Å²) in [6.45, 7) is 6.65. The Labute approximate surface area is 130 Å². The fraction of sp³-hybridized carbons (Fsp3) is 0.625. The summed E-state index contributed by atoms with van der Waals surface area (Å²) in [4.78, 5) is 5.28. The van der Waals surface area contributed by atoms with Crippen molar-refractivity contribution in [1.29, 1.82) is 0 Å². The molecule has 2 saturated heterocycles. The van der Waals surface area contributed by atoms with E-state index >= 15 is 0 Å². The van der Waals surface area contributed by atoms with Crippen LogP contribution in [0, 0.1) is 0 Å². The molecule has 3 nitrogen and oxygen atoms in total. The molecule has 0 saturated carbocycles. The third kappa shape index (κ3) is 2.67. The second kappa shape index (κ2) is 6.14. The predicted molar refractivity (Wildman–Crippen MR) is 86.7 cm³/mol. The first-order valence-electron chi connectivity index (χ1n) is 7.65. The molecule has 110 valence electrons. The van der Waals surface area contributed by atoms with E-state index in [9.17, 15) is 0 Å². The third-order valence-electron chi connectivity index (χ3n) is 4.87. The molecule has 0 spiro atoms. The topological polar surface area (TPSA) is 32.5 Å². The van der Waals surface area contributed by atoms with E-state index in [1.165, 1.54) is 36.0 Å². The Morgan fingerprint density at radius 1 is 1.35 bits per heavy atom. The van der Waals surface area contributed by atoms with Crippen molar-refractivity contribution in [3.05, 3.63) is 34.3 Å². The van der Waals surface area contributed by atoms with E-state index < -0.39 is 0 Å². The summed E-state index contributed by atoms with van der Waals surface area (Å²) < 4.78 is 1.18. The number of piperazine rings is 1. The number of nitrogens with two attached hydrogens (primary N) is 1. The Kier molecular flexibility index (Phi) is 4.46. The van der Waals surface area contributed by atoms with Gasteiger partial charge in [-0.1, -0.05) is 34.1 Å². The van der Waals surface area contributed by atoms with E-state index in [-0.39, 0.29) is 0 Å². The van der Waals surface area contributed by atoms with Gasteiger partial charge >= 0.3 is 0 Å². The van der Waals surface area contributed by atoms with Crippen LogP contribution in [-0.2, 0) is 0 Å². The van der Waals surface area contributed by atoms with Gasteiger partial charge in [-0.25, -0.2) is 0 Å². The molecule has 1 aromatic rings. The number of fused-ring (bicyclic) bond motifs is 1. The highest BCUT2D eigenvalue weighted by Crippen LogP contribution is 2.33. The summed E-state index contributed by atoms with van der Waals surface area (Å²) in [6.07, 6.45) is 2.70. The van der Waals surface area contributed by atoms with Crippen molar-refractivity contribution in [2.24, 2.45) is 5.73 Å². The van der Waals surface area contributed by atoms with Gasteiger partial charge in [0.1, 0.15) is 0 Å². The van der Waals surface area contributed by atoms with Gasteiger partial charge in [0.2, 0.25) is 0 Å². The van der Waals surface area contributed by atoms with Crippen LogP contribution >= 0.6 is 15.9 Å². The molecule has 3 unspecified atom stereocenters. The highest BCUT2D eigenvalue weighted by atomic mass is 79.9. The number of hydrogen-bond donors (Lipinski definition) is 1. The van der Waals surface area contributed by atoms with Crippen LogP contribution in [0.1, 0.15) is 31.4 Å². The highest BCUT2D eigenvalue weighted by molar-refractivity contribution is 9.10. The molecule has 4 heteroatoms. The van der Waals surface area contributed by atoms with Gasteiger partial charge in [0, 0.05) is 42.2 Å². The highest BCUT2D eigenvalue weighted by Gasteiger charge is 2.37. The van der Waals surface area contributed by atoms with Crippen LogP contribution in [0.15, 0.2) is 28.7 Å². The lowest BCUT2D eigenvalue weighted by atomic mass is 9.99. The lowest BCUT2D eigenvalue weighted by Crippen LogP contribution is -2.56. The van der Waals surface area contributed by atoms with Crippen LogP contribution < -0.4 is 5.73 Å². The van der Waals surface area contributed by atoms with Crippen LogP contribution in [0.3, 0.4) is 0 Å². The molecular formula is C16H24BrN3. The average molecular weight is 338 g/mol. The second-order valence-corrected chi connectivity index (χ2v) is 6.96. The molecule has 20 heavy (non-hydrogen) atoms. The molecule has 1 aromatic carbocycles. The van der Waals surface area contributed by atoms with Crippen LogP contribution in [0.25, 0.3) is 0 Å². The van der Waals surface area contributed by atoms with E-state index in [2.05, 4.69) is 56.9 Å². The molecule has 3 atom stereocenters. The van der Waals surface area contributed by atoms with E-state index in [0.29, 0.717) is 18.6 Å². The summed E-state index contributed by atoms with van der Waals surface area (Å²) in [5, 5.41) is 0. The molecule has 2 aliphatic rings. The zero-order valence-electron chi connectivity index (χ0n) is 12.1. The normalized spacial score (nSPS) is 29.4. The van der Waals surface area contributed by atoms with E-state index in [1.54, 1.807) is 0 Å². The van der Waals surface area contributed by atoms with Gasteiger partial charge in [0.15, 0.2) is 0 Å². The average Bonchev–Trinajstić information content (AvgIpc) is 2.89. The number of hydrogen-bond acceptors (Lipinski definition) is 3. The van der Waals surface area contributed by atoms with Gasteiger partial charge in [-0.2, -0.15) is 0 Å². The Morgan fingerprint density at radius 3 is 2.90 bits per heavy atom. The smallest absolute Gasteiger partial charge is 0.0485 e. The van der Waals surface area contributed by atoms with Crippen LogP contribution in [0.4, 0.5) is 0 Å². The molecule has 0 bridgehead atoms. The monoisotopic (exact) mass is 337 g/mol. The van der Waals surface area contributed by atoms with Crippen molar-refractivity contribution in [2.45, 2.75) is 37.9 Å². The Morgan fingerprint density at radius 2 is 2.15 bits per heavy atom. The summed E-state index contributed by atoms with van der Waals surface area (Å²) >= 11 is 3.69. The number of halogens is 1. The van der Waals surface area contributed by atoms with Gasteiger partial charge in [0.25, 0.3) is 0 Å². The molecule has 0 radical (unpaired) electrons. The Balaban J connectivity index is 1.83. The summed E-state index contributed by atoms with van der Waals surface area (Å²) in [5.74, 6) is 0. The van der Waals surface area contributed by atoms with E-state index in [1.807, 2.05) is 0 Å². The minimum absolute atomic E-state index is 0.323. The molecule has 3 rings (SSSR count). The maximum absolute atomic E-state index is 6.13. The van der Waals surface area contributed by atoms with Gasteiger partial charge in [0.05, 0.1) is 0 Å². The lowest BCUT2D eigenvalue weighted by Gasteiger charge is -2.46. The predicted octanol–water partition coefficient (Wildman–Crippen LogP) is 2.62. The quantitative estimate of drug-likeness (QED) is 0.920. The molecular weight excluding hydrogens is 314 g/mol. The zero-order valence-corrected chi connectivity index (χ0v) is 13.7. The fourth-order valence-corrected chi connectivity index (χ4v) is 4.38. The molecule has 0 amide bonds. The molecule has 2 fully saturated rings.